The minimum absolute atomic E-state index is 0.164. The van der Waals surface area contributed by atoms with Gasteiger partial charge in [-0.2, -0.15) is 0 Å². The summed E-state index contributed by atoms with van der Waals surface area (Å²) in [6, 6.07) is 33.3. The van der Waals surface area contributed by atoms with Crippen LogP contribution in [0, 0.1) is 0 Å². The molecule has 3 aromatic rings. The Balaban J connectivity index is 0.000000596. The van der Waals surface area contributed by atoms with Crippen LogP contribution in [0.1, 0.15) is 27.7 Å². The fraction of sp³-hybridized carbons (Fsp3) is 0.208. The van der Waals surface area contributed by atoms with Crippen LogP contribution < -0.4 is 15.9 Å². The number of hydrogen-bond acceptors (Lipinski definition) is 1. The van der Waals surface area contributed by atoms with Gasteiger partial charge in [0, 0.05) is 6.92 Å². The average Bonchev–Trinajstić information content (AvgIpc) is 2.63. The van der Waals surface area contributed by atoms with E-state index in [2.05, 4.69) is 112 Å². The van der Waals surface area contributed by atoms with Crippen molar-refractivity contribution in [2.24, 2.45) is 0 Å². The van der Waals surface area contributed by atoms with Crippen molar-refractivity contribution in [1.29, 1.82) is 0 Å². The number of carboxylic acid groups (broad SMARTS) is 1. The van der Waals surface area contributed by atoms with Crippen molar-refractivity contribution in [3.63, 3.8) is 0 Å². The van der Waals surface area contributed by atoms with Gasteiger partial charge in [0.05, 0.1) is 0 Å². The van der Waals surface area contributed by atoms with Gasteiger partial charge in [-0.25, -0.2) is 0 Å². The summed E-state index contributed by atoms with van der Waals surface area (Å²) in [4.78, 5) is 9.00. The molecule has 2 nitrogen and oxygen atoms in total. The van der Waals surface area contributed by atoms with Crippen molar-refractivity contribution in [3.8, 4) is 0 Å². The van der Waals surface area contributed by atoms with Crippen LogP contribution in [0.5, 0.6) is 0 Å². The van der Waals surface area contributed by atoms with Gasteiger partial charge in [0.1, 0.15) is 0 Å². The summed E-state index contributed by atoms with van der Waals surface area (Å²) in [5.74, 6) is -0.833. The first-order valence-corrected chi connectivity index (χ1v) is 11.2. The van der Waals surface area contributed by atoms with E-state index in [-0.39, 0.29) is 5.16 Å². The maximum atomic E-state index is 9.00. The quantitative estimate of drug-likeness (QED) is 0.674. The van der Waals surface area contributed by atoms with Crippen molar-refractivity contribution in [3.05, 3.63) is 91.0 Å². The van der Waals surface area contributed by atoms with Crippen molar-refractivity contribution in [1.82, 2.24) is 0 Å². The molecule has 27 heavy (non-hydrogen) atoms. The predicted molar refractivity (Wildman–Crippen MR) is 120 cm³/mol. The number of carbonyl (C=O) groups is 1. The first kappa shape index (κ1) is 20.9. The molecule has 0 bridgehead atoms. The third kappa shape index (κ3) is 4.64. The van der Waals surface area contributed by atoms with Gasteiger partial charge < -0.3 is 5.11 Å². The van der Waals surface area contributed by atoms with Crippen molar-refractivity contribution in [2.75, 3.05) is 0 Å². The molecule has 142 valence electrons. The van der Waals surface area contributed by atoms with Crippen LogP contribution in [0.4, 0.5) is 0 Å². The summed E-state index contributed by atoms with van der Waals surface area (Å²) in [7, 11) is -2.13. The number of carboxylic acids is 1. The minimum atomic E-state index is -2.13. The molecule has 0 saturated carbocycles. The Kier molecular flexibility index (Phi) is 6.93. The molecule has 3 heteroatoms. The van der Waals surface area contributed by atoms with Gasteiger partial charge in [0.2, 0.25) is 0 Å². The van der Waals surface area contributed by atoms with E-state index in [1.807, 2.05) is 0 Å². The van der Waals surface area contributed by atoms with E-state index >= 15 is 0 Å². The summed E-state index contributed by atoms with van der Waals surface area (Å²) in [6.07, 6.45) is 0. The summed E-state index contributed by atoms with van der Waals surface area (Å²) >= 11 is 0. The van der Waals surface area contributed by atoms with Crippen molar-refractivity contribution < 1.29 is 9.90 Å². The second-order valence-electron chi connectivity index (χ2n) is 7.62. The molecule has 0 unspecified atom stereocenters. The van der Waals surface area contributed by atoms with E-state index in [4.69, 9.17) is 9.90 Å². The maximum absolute atomic E-state index is 9.00. The van der Waals surface area contributed by atoms with Gasteiger partial charge in [-0.05, 0) is 0 Å². The summed E-state index contributed by atoms with van der Waals surface area (Å²) in [6.45, 7) is 8.27. The third-order valence-electron chi connectivity index (χ3n) is 4.75. The van der Waals surface area contributed by atoms with E-state index in [0.29, 0.717) is 0 Å². The first-order chi connectivity index (χ1) is 12.8. The van der Waals surface area contributed by atoms with E-state index in [0.717, 1.165) is 6.92 Å². The van der Waals surface area contributed by atoms with Crippen molar-refractivity contribution >= 4 is 29.1 Å². The van der Waals surface area contributed by atoms with Crippen molar-refractivity contribution in [2.45, 2.75) is 32.9 Å². The molecule has 1 N–H and O–H groups in total. The molecule has 0 aromatic heterocycles. The van der Waals surface area contributed by atoms with E-state index in [1.54, 1.807) is 0 Å². The average molecular weight is 380 g/mol. The Morgan fingerprint density at radius 1 is 0.667 bits per heavy atom. The third-order valence-corrected chi connectivity index (χ3v) is 10.6. The van der Waals surface area contributed by atoms with Crippen LogP contribution in [0.3, 0.4) is 0 Å². The van der Waals surface area contributed by atoms with Crippen LogP contribution in [0.25, 0.3) is 0 Å². The van der Waals surface area contributed by atoms with E-state index in [1.165, 1.54) is 15.9 Å². The molecule has 0 saturated heterocycles. The molecule has 0 aliphatic heterocycles. The molecule has 0 aliphatic rings. The Labute approximate surface area is 163 Å². The Bertz CT molecular complexity index is 737. The van der Waals surface area contributed by atoms with Gasteiger partial charge in [-0.3, -0.25) is 4.79 Å². The topological polar surface area (TPSA) is 37.3 Å². The predicted octanol–water partition coefficient (Wildman–Crippen LogP) is 4.60. The van der Waals surface area contributed by atoms with Crippen LogP contribution in [-0.4, -0.2) is 16.2 Å². The zero-order valence-corrected chi connectivity index (χ0v) is 17.5. The molecule has 0 spiro atoms. The van der Waals surface area contributed by atoms with Gasteiger partial charge in [-0.15, -0.1) is 0 Å². The summed E-state index contributed by atoms with van der Waals surface area (Å²) in [5.41, 5.74) is 0. The Morgan fingerprint density at radius 2 is 0.889 bits per heavy atom. The van der Waals surface area contributed by atoms with Crippen LogP contribution >= 0.6 is 7.26 Å². The Hall–Kier alpha value is -2.44. The first-order valence-electron chi connectivity index (χ1n) is 9.16. The number of hydrogen-bond donors (Lipinski definition) is 1. The fourth-order valence-electron chi connectivity index (χ4n) is 3.86. The Morgan fingerprint density at radius 3 is 1.07 bits per heavy atom. The molecular formula is C24H29O2P. The fourth-order valence-corrected chi connectivity index (χ4v) is 9.54. The van der Waals surface area contributed by atoms with Crippen LogP contribution in [0.15, 0.2) is 91.0 Å². The number of rotatable bonds is 3. The molecule has 0 radical (unpaired) electrons. The van der Waals surface area contributed by atoms with Crippen LogP contribution in [0.2, 0.25) is 0 Å². The van der Waals surface area contributed by atoms with E-state index in [9.17, 15) is 0 Å². The second kappa shape index (κ2) is 8.97. The molecule has 3 rings (SSSR count). The molecule has 0 fully saturated rings. The molecule has 0 atom stereocenters. The molecular weight excluding hydrogens is 351 g/mol. The zero-order valence-electron chi connectivity index (χ0n) is 16.5. The standard InChI is InChI=1S/C22H25P.C2H4O2/c1-22(2,3)23(19-13-7-4-8-14-19,20-15-9-5-10-16-20)21-17-11-6-12-18-21;1-2(3)4/h4-18,23H,1-3H3;1H3,(H,3,4). The second-order valence-corrected chi connectivity index (χ2v) is 12.3. The van der Waals surface area contributed by atoms with Gasteiger partial charge >= 0.3 is 140 Å². The molecule has 0 amide bonds. The zero-order chi connectivity index (χ0) is 19.9. The molecule has 3 aromatic carbocycles. The SMILES string of the molecule is CC(=O)O.CC(C)(C)[PH](c1ccccc1)(c1ccccc1)c1ccccc1. The monoisotopic (exact) mass is 380 g/mol. The number of benzene rings is 3. The van der Waals surface area contributed by atoms with Gasteiger partial charge in [-0.1, -0.05) is 0 Å². The van der Waals surface area contributed by atoms with Gasteiger partial charge in [0.15, 0.2) is 0 Å². The van der Waals surface area contributed by atoms with E-state index < -0.39 is 13.2 Å². The summed E-state index contributed by atoms with van der Waals surface area (Å²) in [5, 5.41) is 12.0. The van der Waals surface area contributed by atoms with Gasteiger partial charge in [0.25, 0.3) is 5.97 Å². The normalized spacial score (nSPS) is 11.9. The molecule has 0 heterocycles. The molecule has 0 aliphatic carbocycles. The van der Waals surface area contributed by atoms with Crippen LogP contribution in [-0.2, 0) is 4.79 Å². The summed E-state index contributed by atoms with van der Waals surface area (Å²) < 4.78 is 0. The number of aliphatic carboxylic acids is 1.